The lowest BCUT2D eigenvalue weighted by Crippen LogP contribution is -2.71. The van der Waals surface area contributed by atoms with Crippen molar-refractivity contribution in [2.45, 2.75) is 5.66 Å². The second-order valence-electron chi connectivity index (χ2n) is 12.4. The minimum absolute atomic E-state index is 0.683. The van der Waals surface area contributed by atoms with Crippen LogP contribution in [0.15, 0.2) is 116 Å². The second-order valence-corrected chi connectivity index (χ2v) is 12.4. The van der Waals surface area contributed by atoms with Gasteiger partial charge in [0, 0.05) is 40.0 Å². The third-order valence-corrected chi connectivity index (χ3v) is 10.7. The molecule has 0 saturated heterocycles. The fraction of sp³-hybridized carbons (Fsp3) is 0.0263. The monoisotopic (exact) mass is 561 g/mol. The molecular formula is C38H19N5O+2. The van der Waals surface area contributed by atoms with Crippen molar-refractivity contribution in [3.05, 3.63) is 127 Å². The fourth-order valence-electron chi connectivity index (χ4n) is 9.35. The predicted molar refractivity (Wildman–Crippen MR) is 170 cm³/mol. The van der Waals surface area contributed by atoms with Crippen molar-refractivity contribution in [2.75, 3.05) is 0 Å². The molecule has 1 unspecified atom stereocenters. The summed E-state index contributed by atoms with van der Waals surface area (Å²) in [6.45, 7) is 0. The van der Waals surface area contributed by atoms with Gasteiger partial charge in [-0.1, -0.05) is 42.5 Å². The van der Waals surface area contributed by atoms with Gasteiger partial charge in [-0.2, -0.15) is 17.9 Å². The molecule has 0 radical (unpaired) electrons. The molecule has 6 heteroatoms. The normalized spacial score (nSPS) is 17.4. The van der Waals surface area contributed by atoms with Crippen LogP contribution in [0.1, 0.15) is 11.1 Å². The maximum absolute atomic E-state index is 6.93. The molecule has 0 fully saturated rings. The first-order valence-corrected chi connectivity index (χ1v) is 15.1. The van der Waals surface area contributed by atoms with Gasteiger partial charge in [-0.3, -0.25) is 4.98 Å². The van der Waals surface area contributed by atoms with E-state index in [0.29, 0.717) is 0 Å². The largest absolute Gasteiger partial charge is 0.456 e. The number of imidazole rings is 2. The summed E-state index contributed by atoms with van der Waals surface area (Å²) < 4.78 is 17.1. The van der Waals surface area contributed by atoms with Gasteiger partial charge in [0.1, 0.15) is 33.7 Å². The van der Waals surface area contributed by atoms with E-state index in [4.69, 9.17) is 4.74 Å². The van der Waals surface area contributed by atoms with E-state index in [2.05, 4.69) is 126 Å². The number of pyridine rings is 3. The van der Waals surface area contributed by atoms with Crippen LogP contribution in [0.5, 0.6) is 11.5 Å². The maximum atomic E-state index is 6.93. The van der Waals surface area contributed by atoms with Gasteiger partial charge in [-0.05, 0) is 54.6 Å². The van der Waals surface area contributed by atoms with Gasteiger partial charge < -0.3 is 4.74 Å². The highest BCUT2D eigenvalue weighted by molar-refractivity contribution is 6.19. The van der Waals surface area contributed by atoms with E-state index in [1.807, 2.05) is 12.4 Å². The third-order valence-electron chi connectivity index (χ3n) is 10.7. The van der Waals surface area contributed by atoms with E-state index in [1.54, 1.807) is 0 Å². The van der Waals surface area contributed by atoms with Crippen molar-refractivity contribution in [1.29, 1.82) is 0 Å². The Labute approximate surface area is 247 Å². The summed E-state index contributed by atoms with van der Waals surface area (Å²) in [5.74, 6) is 1.83. The Morgan fingerprint density at radius 3 is 1.73 bits per heavy atom. The Bertz CT molecular complexity index is 2880. The SMILES string of the molecule is c1ccc2c(c1)c1ccc3c4c1c1n2c2ccccc2[n+]1C41c2c(ccc4c5cnccc5n5c6ccccc6[n+]1c5c24)O3. The molecule has 0 amide bonds. The maximum Gasteiger partial charge on any atom is 0.316 e. The van der Waals surface area contributed by atoms with Crippen molar-refractivity contribution in [1.82, 2.24) is 13.8 Å². The summed E-state index contributed by atoms with van der Waals surface area (Å²) in [5.41, 5.74) is 11.3. The van der Waals surface area contributed by atoms with Crippen molar-refractivity contribution >= 4 is 76.7 Å². The van der Waals surface area contributed by atoms with Crippen molar-refractivity contribution < 1.29 is 13.9 Å². The molecule has 200 valence electrons. The van der Waals surface area contributed by atoms with Crippen LogP contribution < -0.4 is 13.9 Å². The Morgan fingerprint density at radius 1 is 0.523 bits per heavy atom. The van der Waals surface area contributed by atoms with Crippen molar-refractivity contribution in [3.63, 3.8) is 0 Å². The average molecular weight is 562 g/mol. The molecule has 0 N–H and O–H groups in total. The second kappa shape index (κ2) is 6.33. The lowest BCUT2D eigenvalue weighted by Gasteiger charge is -2.31. The Hall–Kier alpha value is -6.01. The van der Waals surface area contributed by atoms with Gasteiger partial charge in [0.2, 0.25) is 0 Å². The number of fused-ring (bicyclic) bond motifs is 12. The molecule has 13 rings (SSSR count). The number of hydrogen-bond donors (Lipinski definition) is 0. The summed E-state index contributed by atoms with van der Waals surface area (Å²) in [5, 5.41) is 7.34. The highest BCUT2D eigenvalue weighted by Crippen LogP contribution is 2.58. The average Bonchev–Trinajstić information content (AvgIpc) is 3.79. The van der Waals surface area contributed by atoms with E-state index in [1.165, 1.54) is 76.9 Å². The van der Waals surface area contributed by atoms with Gasteiger partial charge >= 0.3 is 17.0 Å². The molecule has 6 nitrogen and oxygen atoms in total. The van der Waals surface area contributed by atoms with Crippen LogP contribution in [0.3, 0.4) is 0 Å². The number of hydrogen-bond acceptors (Lipinski definition) is 2. The lowest BCUT2D eigenvalue weighted by atomic mass is 9.85. The molecule has 3 aliphatic rings. The molecular weight excluding hydrogens is 542 g/mol. The van der Waals surface area contributed by atoms with Crippen LogP contribution in [0, 0.1) is 0 Å². The number of para-hydroxylation sites is 5. The molecule has 5 aromatic heterocycles. The fourth-order valence-corrected chi connectivity index (χ4v) is 9.35. The summed E-state index contributed by atoms with van der Waals surface area (Å²) in [6.07, 6.45) is 3.93. The van der Waals surface area contributed by atoms with Crippen LogP contribution >= 0.6 is 0 Å². The van der Waals surface area contributed by atoms with E-state index < -0.39 is 5.66 Å². The molecule has 8 heterocycles. The molecule has 3 aliphatic heterocycles. The Kier molecular flexibility index (Phi) is 2.99. The van der Waals surface area contributed by atoms with Crippen LogP contribution in [-0.2, 0) is 5.66 Å². The summed E-state index contributed by atoms with van der Waals surface area (Å²) in [7, 11) is 0. The third kappa shape index (κ3) is 1.81. The minimum Gasteiger partial charge on any atom is -0.456 e. The molecule has 1 spiro atoms. The summed E-state index contributed by atoms with van der Waals surface area (Å²) in [4.78, 5) is 4.60. The number of ether oxygens (including phenoxy) is 1. The zero-order chi connectivity index (χ0) is 28.1. The van der Waals surface area contributed by atoms with Crippen LogP contribution in [-0.4, -0.2) is 13.8 Å². The van der Waals surface area contributed by atoms with Crippen LogP contribution in [0.25, 0.3) is 76.7 Å². The molecule has 0 aliphatic carbocycles. The number of benzene rings is 5. The van der Waals surface area contributed by atoms with E-state index in [9.17, 15) is 0 Å². The van der Waals surface area contributed by atoms with E-state index in [-0.39, 0.29) is 0 Å². The molecule has 44 heavy (non-hydrogen) atoms. The first-order chi connectivity index (χ1) is 21.9. The predicted octanol–water partition coefficient (Wildman–Crippen LogP) is 7.11. The van der Waals surface area contributed by atoms with Crippen LogP contribution in [0.2, 0.25) is 0 Å². The van der Waals surface area contributed by atoms with Gasteiger partial charge in [0.05, 0.1) is 10.8 Å². The molecule has 0 saturated carbocycles. The molecule has 10 aromatic rings. The van der Waals surface area contributed by atoms with E-state index >= 15 is 0 Å². The zero-order valence-corrected chi connectivity index (χ0v) is 23.1. The number of aromatic nitrogens is 5. The van der Waals surface area contributed by atoms with Crippen molar-refractivity contribution in [3.8, 4) is 11.5 Å². The number of nitrogens with zero attached hydrogens (tertiary/aromatic N) is 5. The zero-order valence-electron chi connectivity index (χ0n) is 23.1. The quantitative estimate of drug-likeness (QED) is 0.146. The minimum atomic E-state index is -0.683. The van der Waals surface area contributed by atoms with Crippen LogP contribution in [0.4, 0.5) is 0 Å². The van der Waals surface area contributed by atoms with Gasteiger partial charge in [0.25, 0.3) is 0 Å². The van der Waals surface area contributed by atoms with Gasteiger partial charge in [-0.25, -0.2) is 0 Å². The lowest BCUT2D eigenvalue weighted by molar-refractivity contribution is -0.923. The first kappa shape index (κ1) is 20.8. The molecule has 1 atom stereocenters. The Balaban J connectivity index is 1.45. The van der Waals surface area contributed by atoms with Crippen molar-refractivity contribution in [2.24, 2.45) is 0 Å². The smallest absolute Gasteiger partial charge is 0.316 e. The Morgan fingerprint density at radius 2 is 1.07 bits per heavy atom. The highest BCUT2D eigenvalue weighted by atomic mass is 16.5. The topological polar surface area (TPSA) is 38.7 Å². The summed E-state index contributed by atoms with van der Waals surface area (Å²) in [6, 6.07) is 37.6. The molecule has 5 aromatic carbocycles. The first-order valence-electron chi connectivity index (χ1n) is 15.1. The number of rotatable bonds is 0. The summed E-state index contributed by atoms with van der Waals surface area (Å²) >= 11 is 0. The highest BCUT2D eigenvalue weighted by Gasteiger charge is 2.67. The standard InChI is InChI=1S/C38H19N5O/c1-2-8-24-20(7-1)21-13-15-30-34-32(21)36-40(24)26-9-3-5-11-28(26)42(36)38(34)35-31(44-30)16-14-22-23-19-39-18-17-25(23)41-27-10-4-6-12-29(27)43(38)37(41)33(22)35/h1-19H/q+2. The van der Waals surface area contributed by atoms with Gasteiger partial charge in [-0.15, -0.1) is 0 Å². The van der Waals surface area contributed by atoms with Gasteiger partial charge in [0.15, 0.2) is 22.1 Å². The van der Waals surface area contributed by atoms with E-state index in [0.717, 1.165) is 22.4 Å². The molecule has 0 bridgehead atoms.